The Hall–Kier alpha value is -2.42. The van der Waals surface area contributed by atoms with Crippen molar-refractivity contribution in [2.24, 2.45) is 14.1 Å². The molecule has 9 nitrogen and oxygen atoms in total. The number of hydrogen-bond acceptors (Lipinski definition) is 5. The standard InChI is InChI=1S/C18H28N6O3/c1-18(2,23-8-6-5-7-9-23)11-19-13(25)10-24-16(26)14-15(20-12-21(14)3)22(4)17(24)27/h12H,5-11H2,1-4H3,(H,19,25). The highest BCUT2D eigenvalue weighted by atomic mass is 16.2. The first-order valence-electron chi connectivity index (χ1n) is 9.35. The van der Waals surface area contributed by atoms with Crippen LogP contribution in [0.3, 0.4) is 0 Å². The number of carbonyl (C=O) groups excluding carboxylic acids is 1. The Morgan fingerprint density at radius 2 is 1.85 bits per heavy atom. The van der Waals surface area contributed by atoms with Gasteiger partial charge in [-0.2, -0.15) is 0 Å². The van der Waals surface area contributed by atoms with Gasteiger partial charge in [-0.15, -0.1) is 0 Å². The van der Waals surface area contributed by atoms with Crippen molar-refractivity contribution in [3.05, 3.63) is 27.2 Å². The molecule has 1 amide bonds. The zero-order chi connectivity index (χ0) is 19.8. The summed E-state index contributed by atoms with van der Waals surface area (Å²) in [5, 5.41) is 2.89. The Labute approximate surface area is 157 Å². The molecule has 3 heterocycles. The van der Waals surface area contributed by atoms with Crippen molar-refractivity contribution >= 4 is 17.1 Å². The smallest absolute Gasteiger partial charge is 0.332 e. The van der Waals surface area contributed by atoms with E-state index in [1.165, 1.54) is 30.2 Å². The van der Waals surface area contributed by atoms with Crippen LogP contribution in [-0.2, 0) is 25.4 Å². The van der Waals surface area contributed by atoms with Crippen LogP contribution < -0.4 is 16.6 Å². The minimum atomic E-state index is -0.545. The number of piperidine rings is 1. The molecule has 3 rings (SSSR count). The molecule has 0 spiro atoms. The van der Waals surface area contributed by atoms with Crippen LogP contribution in [0.25, 0.3) is 11.2 Å². The first-order chi connectivity index (χ1) is 12.7. The number of carbonyl (C=O) groups is 1. The van der Waals surface area contributed by atoms with E-state index in [-0.39, 0.29) is 18.0 Å². The lowest BCUT2D eigenvalue weighted by Crippen LogP contribution is -2.54. The van der Waals surface area contributed by atoms with Crippen molar-refractivity contribution in [1.82, 2.24) is 28.9 Å². The molecule has 2 aromatic rings. The first-order valence-corrected chi connectivity index (χ1v) is 9.35. The average molecular weight is 376 g/mol. The molecule has 0 saturated carbocycles. The SMILES string of the molecule is Cn1cnc2c1c(=O)n(CC(=O)NCC(C)(C)N1CCCCC1)c(=O)n2C. The maximum absolute atomic E-state index is 12.7. The second-order valence-electron chi connectivity index (χ2n) is 7.90. The van der Waals surface area contributed by atoms with E-state index in [1.54, 1.807) is 18.7 Å². The van der Waals surface area contributed by atoms with E-state index < -0.39 is 11.2 Å². The van der Waals surface area contributed by atoms with Gasteiger partial charge in [0, 0.05) is 26.2 Å². The van der Waals surface area contributed by atoms with Crippen LogP contribution in [0.15, 0.2) is 15.9 Å². The Morgan fingerprint density at radius 3 is 2.52 bits per heavy atom. The molecule has 1 fully saturated rings. The van der Waals surface area contributed by atoms with Crippen molar-refractivity contribution in [3.8, 4) is 0 Å². The zero-order valence-electron chi connectivity index (χ0n) is 16.5. The molecule has 0 aromatic carbocycles. The topological polar surface area (TPSA) is 94.2 Å². The van der Waals surface area contributed by atoms with Gasteiger partial charge in [-0.3, -0.25) is 19.1 Å². The first kappa shape index (κ1) is 19.3. The molecule has 1 aliphatic heterocycles. The molecule has 0 aliphatic carbocycles. The van der Waals surface area contributed by atoms with Gasteiger partial charge in [-0.25, -0.2) is 14.3 Å². The summed E-state index contributed by atoms with van der Waals surface area (Å²) in [6.07, 6.45) is 5.08. The lowest BCUT2D eigenvalue weighted by Gasteiger charge is -2.41. The Morgan fingerprint density at radius 1 is 1.19 bits per heavy atom. The van der Waals surface area contributed by atoms with Gasteiger partial charge in [0.1, 0.15) is 6.54 Å². The van der Waals surface area contributed by atoms with Crippen LogP contribution in [0.2, 0.25) is 0 Å². The minimum absolute atomic E-state index is 0.169. The van der Waals surface area contributed by atoms with Gasteiger partial charge >= 0.3 is 5.69 Å². The third-order valence-corrected chi connectivity index (χ3v) is 5.43. The Bertz CT molecular complexity index is 962. The third kappa shape index (κ3) is 3.69. The van der Waals surface area contributed by atoms with E-state index in [4.69, 9.17) is 0 Å². The molecule has 27 heavy (non-hydrogen) atoms. The predicted molar refractivity (Wildman–Crippen MR) is 103 cm³/mol. The summed E-state index contributed by atoms with van der Waals surface area (Å²) in [6, 6.07) is 0. The van der Waals surface area contributed by atoms with Gasteiger partial charge in [0.15, 0.2) is 11.2 Å². The van der Waals surface area contributed by atoms with Crippen molar-refractivity contribution in [2.75, 3.05) is 19.6 Å². The zero-order valence-corrected chi connectivity index (χ0v) is 16.5. The second kappa shape index (κ2) is 7.30. The van der Waals surface area contributed by atoms with E-state index >= 15 is 0 Å². The molecule has 0 radical (unpaired) electrons. The van der Waals surface area contributed by atoms with Gasteiger partial charge in [0.05, 0.1) is 6.33 Å². The summed E-state index contributed by atoms with van der Waals surface area (Å²) in [7, 11) is 3.23. The largest absolute Gasteiger partial charge is 0.353 e. The highest BCUT2D eigenvalue weighted by molar-refractivity contribution is 5.76. The van der Waals surface area contributed by atoms with Crippen LogP contribution in [0.4, 0.5) is 0 Å². The van der Waals surface area contributed by atoms with Crippen molar-refractivity contribution < 1.29 is 4.79 Å². The van der Waals surface area contributed by atoms with Crippen LogP contribution in [-0.4, -0.2) is 54.7 Å². The molecule has 2 aromatic heterocycles. The van der Waals surface area contributed by atoms with Gasteiger partial charge in [0.25, 0.3) is 5.56 Å². The number of amides is 1. The number of aromatic nitrogens is 4. The molecule has 148 valence electrons. The van der Waals surface area contributed by atoms with Crippen LogP contribution in [0.1, 0.15) is 33.1 Å². The summed E-state index contributed by atoms with van der Waals surface area (Å²) in [4.78, 5) is 44.1. The van der Waals surface area contributed by atoms with Crippen molar-refractivity contribution in [1.29, 1.82) is 0 Å². The molecular weight excluding hydrogens is 348 g/mol. The third-order valence-electron chi connectivity index (χ3n) is 5.43. The molecule has 1 aliphatic rings. The van der Waals surface area contributed by atoms with Gasteiger partial charge in [-0.1, -0.05) is 6.42 Å². The fraction of sp³-hybridized carbons (Fsp3) is 0.667. The molecule has 0 bridgehead atoms. The van der Waals surface area contributed by atoms with Crippen molar-refractivity contribution in [3.63, 3.8) is 0 Å². The van der Waals surface area contributed by atoms with Crippen LogP contribution >= 0.6 is 0 Å². The molecule has 0 atom stereocenters. The fourth-order valence-corrected chi connectivity index (χ4v) is 3.66. The predicted octanol–water partition coefficient (Wildman–Crippen LogP) is -0.186. The van der Waals surface area contributed by atoms with E-state index in [9.17, 15) is 14.4 Å². The summed E-state index contributed by atoms with van der Waals surface area (Å²) in [6.45, 7) is 6.43. The maximum atomic E-state index is 12.7. The number of rotatable bonds is 5. The molecule has 9 heteroatoms. The number of fused-ring (bicyclic) bond motifs is 1. The summed E-state index contributed by atoms with van der Waals surface area (Å²) in [5.74, 6) is -0.346. The lowest BCUT2D eigenvalue weighted by atomic mass is 9.98. The fourth-order valence-electron chi connectivity index (χ4n) is 3.66. The highest BCUT2D eigenvalue weighted by Crippen LogP contribution is 2.19. The second-order valence-corrected chi connectivity index (χ2v) is 7.90. The molecule has 1 saturated heterocycles. The number of nitrogens with one attached hydrogen (secondary N) is 1. The van der Waals surface area contributed by atoms with E-state index in [0.717, 1.165) is 17.7 Å². The molecule has 0 unspecified atom stereocenters. The number of imidazole rings is 1. The number of likely N-dealkylation sites (tertiary alicyclic amines) is 1. The van der Waals surface area contributed by atoms with Gasteiger partial charge in [-0.05, 0) is 39.8 Å². The minimum Gasteiger partial charge on any atom is -0.353 e. The molecular formula is C18H28N6O3. The van der Waals surface area contributed by atoms with Crippen LogP contribution in [0, 0.1) is 0 Å². The monoisotopic (exact) mass is 376 g/mol. The lowest BCUT2D eigenvalue weighted by molar-refractivity contribution is -0.122. The van der Waals surface area contributed by atoms with E-state index in [0.29, 0.717) is 17.7 Å². The van der Waals surface area contributed by atoms with Crippen molar-refractivity contribution in [2.45, 2.75) is 45.2 Å². The highest BCUT2D eigenvalue weighted by Gasteiger charge is 2.28. The average Bonchev–Trinajstić information content (AvgIpc) is 3.04. The van der Waals surface area contributed by atoms with Crippen LogP contribution in [0.5, 0.6) is 0 Å². The Balaban J connectivity index is 1.75. The Kier molecular flexibility index (Phi) is 5.23. The summed E-state index contributed by atoms with van der Waals surface area (Å²) in [5.41, 5.74) is -0.595. The van der Waals surface area contributed by atoms with Gasteiger partial charge in [0.2, 0.25) is 5.91 Å². The van der Waals surface area contributed by atoms with E-state index in [2.05, 4.69) is 29.0 Å². The molecule has 1 N–H and O–H groups in total. The normalized spacial score (nSPS) is 16.0. The van der Waals surface area contributed by atoms with Gasteiger partial charge < -0.3 is 9.88 Å². The number of hydrogen-bond donors (Lipinski definition) is 1. The summed E-state index contributed by atoms with van der Waals surface area (Å²) >= 11 is 0. The van der Waals surface area contributed by atoms with E-state index in [1.807, 2.05) is 0 Å². The maximum Gasteiger partial charge on any atom is 0.332 e. The quantitative estimate of drug-likeness (QED) is 0.781. The number of aryl methyl sites for hydroxylation is 2. The number of nitrogens with zero attached hydrogens (tertiary/aromatic N) is 5. The summed E-state index contributed by atoms with van der Waals surface area (Å²) < 4.78 is 3.82.